The molecule has 1 N–H and O–H groups in total. The fourth-order valence-corrected chi connectivity index (χ4v) is 1.76. The van der Waals surface area contributed by atoms with Crippen molar-refractivity contribution in [2.75, 3.05) is 12.4 Å². The molecule has 2 aromatic rings. The molecule has 0 spiro atoms. The molecule has 19 heavy (non-hydrogen) atoms. The molecule has 0 aliphatic heterocycles. The third kappa shape index (κ3) is 3.40. The minimum absolute atomic E-state index is 0.0308. The number of hydrogen-bond donors (Lipinski definition) is 1. The van der Waals surface area contributed by atoms with Crippen LogP contribution in [0.25, 0.3) is 0 Å². The fourth-order valence-electron chi connectivity index (χ4n) is 1.44. The van der Waals surface area contributed by atoms with Gasteiger partial charge in [-0.2, -0.15) is 0 Å². The third-order valence-electron chi connectivity index (χ3n) is 2.38. The first-order valence-corrected chi connectivity index (χ1v) is 6.44. The third-order valence-corrected chi connectivity index (χ3v) is 3.02. The summed E-state index contributed by atoms with van der Waals surface area (Å²) in [6.07, 6.45) is 1.64. The number of benzene rings is 1. The van der Waals surface area contributed by atoms with Crippen molar-refractivity contribution in [3.8, 4) is 5.75 Å². The van der Waals surface area contributed by atoms with E-state index in [-0.39, 0.29) is 11.7 Å². The zero-order valence-electron chi connectivity index (χ0n) is 9.98. The number of methoxy groups -OCH3 is 1. The van der Waals surface area contributed by atoms with E-state index >= 15 is 0 Å². The second-order valence-corrected chi connectivity index (χ2v) is 4.91. The monoisotopic (exact) mass is 372 g/mol. The van der Waals surface area contributed by atoms with Crippen LogP contribution in [-0.4, -0.2) is 18.0 Å². The van der Waals surface area contributed by atoms with Gasteiger partial charge in [0.15, 0.2) is 11.6 Å². The lowest BCUT2D eigenvalue weighted by Gasteiger charge is -2.06. The lowest BCUT2D eigenvalue weighted by Crippen LogP contribution is -2.13. The van der Waals surface area contributed by atoms with Gasteiger partial charge in [-0.05, 0) is 52.9 Å². The summed E-state index contributed by atoms with van der Waals surface area (Å²) < 4.78 is 19.0. The van der Waals surface area contributed by atoms with Crippen molar-refractivity contribution in [2.24, 2.45) is 0 Å². The van der Waals surface area contributed by atoms with E-state index in [4.69, 9.17) is 4.74 Å². The van der Waals surface area contributed by atoms with E-state index in [0.29, 0.717) is 11.4 Å². The summed E-state index contributed by atoms with van der Waals surface area (Å²) in [7, 11) is 1.35. The highest BCUT2D eigenvalue weighted by Crippen LogP contribution is 2.19. The number of rotatable bonds is 3. The minimum atomic E-state index is -0.508. The van der Waals surface area contributed by atoms with Gasteiger partial charge in [0.05, 0.1) is 7.11 Å². The number of carbonyl (C=O) groups is 1. The first-order valence-electron chi connectivity index (χ1n) is 5.36. The van der Waals surface area contributed by atoms with Gasteiger partial charge in [-0.3, -0.25) is 4.79 Å². The van der Waals surface area contributed by atoms with Crippen molar-refractivity contribution in [2.45, 2.75) is 0 Å². The lowest BCUT2D eigenvalue weighted by atomic mass is 10.2. The van der Waals surface area contributed by atoms with E-state index in [0.717, 1.165) is 3.57 Å². The average Bonchev–Trinajstić information content (AvgIpc) is 2.42. The molecule has 0 aliphatic carbocycles. The molecule has 0 atom stereocenters. The molecule has 0 radical (unpaired) electrons. The van der Waals surface area contributed by atoms with Crippen LogP contribution in [-0.2, 0) is 0 Å². The number of nitrogens with one attached hydrogen (secondary N) is 1. The molecule has 2 rings (SSSR count). The Morgan fingerprint density at radius 1 is 1.37 bits per heavy atom. The number of ether oxygens (including phenoxy) is 1. The molecule has 0 saturated carbocycles. The van der Waals surface area contributed by atoms with E-state index in [1.54, 1.807) is 12.3 Å². The van der Waals surface area contributed by atoms with Crippen LogP contribution in [0.5, 0.6) is 5.75 Å². The maximum Gasteiger partial charge on any atom is 0.256 e. The Morgan fingerprint density at radius 3 is 2.79 bits per heavy atom. The SMILES string of the molecule is COc1cc(C(=O)Nc2ccc(I)cn2)ccc1F. The normalized spacial score (nSPS) is 10.1. The number of amides is 1. The largest absolute Gasteiger partial charge is 0.494 e. The van der Waals surface area contributed by atoms with Gasteiger partial charge in [-0.15, -0.1) is 0 Å². The number of halogens is 2. The second-order valence-electron chi connectivity index (χ2n) is 3.67. The summed E-state index contributed by atoms with van der Waals surface area (Å²) in [6.45, 7) is 0. The molecule has 4 nitrogen and oxygen atoms in total. The van der Waals surface area contributed by atoms with Gasteiger partial charge in [0.2, 0.25) is 0 Å². The van der Waals surface area contributed by atoms with Crippen molar-refractivity contribution in [1.82, 2.24) is 4.98 Å². The molecular weight excluding hydrogens is 362 g/mol. The van der Waals surface area contributed by atoms with Crippen LogP contribution in [0, 0.1) is 9.39 Å². The van der Waals surface area contributed by atoms with Crippen molar-refractivity contribution < 1.29 is 13.9 Å². The Balaban J connectivity index is 2.18. The molecule has 1 aromatic heterocycles. The molecule has 1 aromatic carbocycles. The quantitative estimate of drug-likeness (QED) is 0.843. The van der Waals surface area contributed by atoms with Crippen LogP contribution in [0.3, 0.4) is 0 Å². The molecule has 0 bridgehead atoms. The number of aromatic nitrogens is 1. The van der Waals surface area contributed by atoms with Gasteiger partial charge in [-0.25, -0.2) is 9.37 Å². The number of pyridine rings is 1. The highest BCUT2D eigenvalue weighted by Gasteiger charge is 2.10. The van der Waals surface area contributed by atoms with Gasteiger partial charge in [0, 0.05) is 15.3 Å². The summed E-state index contributed by atoms with van der Waals surface area (Å²) >= 11 is 2.12. The molecular formula is C13H10FIN2O2. The maximum atomic E-state index is 13.2. The standard InChI is InChI=1S/C13H10FIN2O2/c1-19-11-6-8(2-4-10(11)14)13(18)17-12-5-3-9(15)7-16-12/h2-7H,1H3,(H,16,17,18). The molecule has 0 unspecified atom stereocenters. The minimum Gasteiger partial charge on any atom is -0.494 e. The topological polar surface area (TPSA) is 51.2 Å². The zero-order valence-corrected chi connectivity index (χ0v) is 12.1. The van der Waals surface area contributed by atoms with Crippen LogP contribution in [0.2, 0.25) is 0 Å². The van der Waals surface area contributed by atoms with E-state index in [2.05, 4.69) is 32.9 Å². The van der Waals surface area contributed by atoms with Crippen molar-refractivity contribution in [1.29, 1.82) is 0 Å². The Hall–Kier alpha value is -1.70. The van der Waals surface area contributed by atoms with Gasteiger partial charge < -0.3 is 10.1 Å². The highest BCUT2D eigenvalue weighted by molar-refractivity contribution is 14.1. The van der Waals surface area contributed by atoms with Gasteiger partial charge >= 0.3 is 0 Å². The fraction of sp³-hybridized carbons (Fsp3) is 0.0769. The van der Waals surface area contributed by atoms with Gasteiger partial charge in [0.25, 0.3) is 5.91 Å². The van der Waals surface area contributed by atoms with Crippen LogP contribution in [0.15, 0.2) is 36.5 Å². The zero-order chi connectivity index (χ0) is 13.8. The van der Waals surface area contributed by atoms with E-state index in [1.165, 1.54) is 25.3 Å². The Labute approximate surface area is 123 Å². The van der Waals surface area contributed by atoms with Crippen molar-refractivity contribution in [3.05, 3.63) is 51.5 Å². The summed E-state index contributed by atoms with van der Waals surface area (Å²) in [5.41, 5.74) is 0.304. The molecule has 1 amide bonds. The predicted molar refractivity (Wildman–Crippen MR) is 77.9 cm³/mol. The second kappa shape index (κ2) is 5.96. The van der Waals surface area contributed by atoms with Crippen molar-refractivity contribution >= 4 is 34.3 Å². The Kier molecular flexibility index (Phi) is 4.31. The number of anilines is 1. The number of carbonyl (C=O) groups excluding carboxylic acids is 1. The summed E-state index contributed by atoms with van der Waals surface area (Å²) in [6, 6.07) is 7.45. The summed E-state index contributed by atoms with van der Waals surface area (Å²) in [5.74, 6) is -0.407. The molecule has 0 aliphatic rings. The maximum absolute atomic E-state index is 13.2. The Bertz CT molecular complexity index is 602. The first-order chi connectivity index (χ1) is 9.10. The average molecular weight is 372 g/mol. The number of nitrogens with zero attached hydrogens (tertiary/aromatic N) is 1. The Morgan fingerprint density at radius 2 is 2.16 bits per heavy atom. The predicted octanol–water partition coefficient (Wildman–Crippen LogP) is 3.09. The molecule has 6 heteroatoms. The van der Waals surface area contributed by atoms with Crippen LogP contribution in [0.4, 0.5) is 10.2 Å². The summed E-state index contributed by atoms with van der Waals surface area (Å²) in [5, 5.41) is 2.62. The smallest absolute Gasteiger partial charge is 0.256 e. The van der Waals surface area contributed by atoms with Crippen LogP contribution >= 0.6 is 22.6 Å². The summed E-state index contributed by atoms with van der Waals surface area (Å²) in [4.78, 5) is 16.0. The van der Waals surface area contributed by atoms with E-state index < -0.39 is 5.82 Å². The first kappa shape index (κ1) is 13.7. The van der Waals surface area contributed by atoms with Crippen LogP contribution < -0.4 is 10.1 Å². The van der Waals surface area contributed by atoms with Gasteiger partial charge in [0.1, 0.15) is 5.82 Å². The van der Waals surface area contributed by atoms with Gasteiger partial charge in [-0.1, -0.05) is 0 Å². The molecule has 0 fully saturated rings. The molecule has 1 heterocycles. The van der Waals surface area contributed by atoms with Crippen LogP contribution in [0.1, 0.15) is 10.4 Å². The number of hydrogen-bond acceptors (Lipinski definition) is 3. The van der Waals surface area contributed by atoms with Crippen molar-refractivity contribution in [3.63, 3.8) is 0 Å². The molecule has 98 valence electrons. The van der Waals surface area contributed by atoms with E-state index in [9.17, 15) is 9.18 Å². The molecule has 0 saturated heterocycles. The lowest BCUT2D eigenvalue weighted by molar-refractivity contribution is 0.102. The highest BCUT2D eigenvalue weighted by atomic mass is 127. The van der Waals surface area contributed by atoms with E-state index in [1.807, 2.05) is 6.07 Å².